The molecule has 0 unspecified atom stereocenters. The molecule has 0 saturated heterocycles. The summed E-state index contributed by atoms with van der Waals surface area (Å²) in [5.41, 5.74) is 0.300. The molecule has 1 N–H and O–H groups in total. The topological polar surface area (TPSA) is 37.3 Å². The summed E-state index contributed by atoms with van der Waals surface area (Å²) in [5.74, 6) is -0.899. The Labute approximate surface area is 69.3 Å². The Morgan fingerprint density at radius 3 is 2.20 bits per heavy atom. The molecule has 0 aromatic heterocycles. The molecule has 0 spiro atoms. The van der Waals surface area contributed by atoms with Gasteiger partial charge in [-0.25, -0.2) is 4.79 Å². The Morgan fingerprint density at radius 1 is 1.40 bits per heavy atom. The van der Waals surface area contributed by atoms with Crippen molar-refractivity contribution in [2.75, 3.05) is 0 Å². The third-order valence-corrected chi connectivity index (χ3v) is 0.965. The zero-order chi connectivity index (χ0) is 6.69. The van der Waals surface area contributed by atoms with Crippen LogP contribution < -0.4 is 0 Å². The van der Waals surface area contributed by atoms with Gasteiger partial charge in [-0.1, -0.05) is 0 Å². The van der Waals surface area contributed by atoms with Crippen LogP contribution in [-0.2, 0) is 17.1 Å². The van der Waals surface area contributed by atoms with Crippen molar-refractivity contribution in [2.24, 2.45) is 0 Å². The predicted molar refractivity (Wildman–Crippen MR) is 32.2 cm³/mol. The van der Waals surface area contributed by atoms with Gasteiger partial charge < -0.3 is 5.11 Å². The molecule has 1 aromatic carbocycles. The van der Waals surface area contributed by atoms with E-state index in [1.54, 1.807) is 12.1 Å². The number of carbonyl (C=O) groups is 1. The summed E-state index contributed by atoms with van der Waals surface area (Å²) in [5, 5.41) is 8.37. The molecule has 0 aliphatic carbocycles. The first-order valence-corrected chi connectivity index (χ1v) is 2.50. The molecule has 0 bridgehead atoms. The maximum atomic E-state index is 10.2. The van der Waals surface area contributed by atoms with Gasteiger partial charge in [0.2, 0.25) is 0 Å². The van der Waals surface area contributed by atoms with Gasteiger partial charge in [0, 0.05) is 0 Å². The third kappa shape index (κ3) is 2.21. The molecule has 0 radical (unpaired) electrons. The molecule has 0 atom stereocenters. The van der Waals surface area contributed by atoms with E-state index in [1.165, 1.54) is 12.1 Å². The van der Waals surface area contributed by atoms with Crippen LogP contribution in [-0.4, -0.2) is 11.1 Å². The van der Waals surface area contributed by atoms with Crippen LogP contribution in [0.4, 0.5) is 0 Å². The van der Waals surface area contributed by atoms with Gasteiger partial charge in [-0.05, 0) is 5.56 Å². The largest absolute Gasteiger partial charge is 1.00 e. The fourth-order valence-electron chi connectivity index (χ4n) is 0.529. The van der Waals surface area contributed by atoms with Gasteiger partial charge in [-0.3, -0.25) is 0 Å². The molecular formula is C7H5CuO2. The molecule has 1 rings (SSSR count). The van der Waals surface area contributed by atoms with Gasteiger partial charge in [0.1, 0.15) is 0 Å². The van der Waals surface area contributed by atoms with Gasteiger partial charge in [0.05, 0.1) is 0 Å². The van der Waals surface area contributed by atoms with Crippen molar-refractivity contribution in [1.29, 1.82) is 0 Å². The van der Waals surface area contributed by atoms with Crippen molar-refractivity contribution < 1.29 is 27.0 Å². The van der Waals surface area contributed by atoms with Crippen molar-refractivity contribution in [1.82, 2.24) is 0 Å². The van der Waals surface area contributed by atoms with Gasteiger partial charge >= 0.3 is 23.0 Å². The average molecular weight is 185 g/mol. The van der Waals surface area contributed by atoms with Crippen LogP contribution in [0.1, 0.15) is 10.4 Å². The Kier molecular flexibility index (Phi) is 3.77. The fraction of sp³-hybridized carbons (Fsp3) is 0. The minimum atomic E-state index is -0.899. The fourth-order valence-corrected chi connectivity index (χ4v) is 0.529. The zero-order valence-electron chi connectivity index (χ0n) is 4.97. The Bertz CT molecular complexity index is 208. The summed E-state index contributed by atoms with van der Waals surface area (Å²) in [7, 11) is 0. The molecule has 0 saturated carbocycles. The first-order valence-electron chi connectivity index (χ1n) is 2.50. The Balaban J connectivity index is 0.000000810. The molecule has 0 aliphatic rings. The smallest absolute Gasteiger partial charge is 0.479 e. The summed E-state index contributed by atoms with van der Waals surface area (Å²) >= 11 is 0. The molecule has 3 heteroatoms. The second kappa shape index (κ2) is 4.09. The average Bonchev–Trinajstić information content (AvgIpc) is 1.90. The first-order chi connectivity index (χ1) is 4.30. The number of rotatable bonds is 1. The quantitative estimate of drug-likeness (QED) is 0.526. The number of aromatic carboxylic acids is 1. The van der Waals surface area contributed by atoms with Crippen molar-refractivity contribution >= 4 is 5.97 Å². The predicted octanol–water partition coefficient (Wildman–Crippen LogP) is 1.18. The van der Waals surface area contributed by atoms with Crippen LogP contribution >= 0.6 is 0 Å². The normalized spacial score (nSPS) is 8.00. The van der Waals surface area contributed by atoms with Crippen molar-refractivity contribution in [3.63, 3.8) is 0 Å². The second-order valence-corrected chi connectivity index (χ2v) is 1.59. The van der Waals surface area contributed by atoms with Crippen molar-refractivity contribution in [2.45, 2.75) is 0 Å². The molecule has 0 fully saturated rings. The van der Waals surface area contributed by atoms with E-state index in [1.807, 2.05) is 0 Å². The summed E-state index contributed by atoms with van der Waals surface area (Å²) in [6, 6.07) is 8.87. The summed E-state index contributed by atoms with van der Waals surface area (Å²) in [4.78, 5) is 10.2. The van der Waals surface area contributed by atoms with Crippen LogP contribution in [0.25, 0.3) is 0 Å². The van der Waals surface area contributed by atoms with E-state index in [4.69, 9.17) is 5.11 Å². The summed E-state index contributed by atoms with van der Waals surface area (Å²) < 4.78 is 0. The molecule has 0 heterocycles. The monoisotopic (exact) mass is 184 g/mol. The molecule has 56 valence electrons. The van der Waals surface area contributed by atoms with Crippen LogP contribution in [0.2, 0.25) is 0 Å². The van der Waals surface area contributed by atoms with Gasteiger partial charge in [-0.2, -0.15) is 30.3 Å². The standard InChI is InChI=1S/C7H5O2.Cu/c8-7(9)6-4-2-1-3-5-6;/h2-5H,(H,8,9);/q-1;+1. The Hall–Kier alpha value is -0.791. The second-order valence-electron chi connectivity index (χ2n) is 1.59. The van der Waals surface area contributed by atoms with Crippen molar-refractivity contribution in [3.05, 3.63) is 35.9 Å². The van der Waals surface area contributed by atoms with Crippen LogP contribution in [0.3, 0.4) is 0 Å². The number of carboxylic acids is 1. The van der Waals surface area contributed by atoms with Crippen LogP contribution in [0.15, 0.2) is 24.3 Å². The van der Waals surface area contributed by atoms with E-state index in [0.717, 1.165) is 0 Å². The minimum absolute atomic E-state index is 0. The number of carboxylic acid groups (broad SMARTS) is 1. The Morgan fingerprint density at radius 2 is 1.90 bits per heavy atom. The van der Waals surface area contributed by atoms with E-state index >= 15 is 0 Å². The molecule has 1 aromatic rings. The summed E-state index contributed by atoms with van der Waals surface area (Å²) in [6.45, 7) is 0. The van der Waals surface area contributed by atoms with E-state index < -0.39 is 5.97 Å². The molecule has 0 amide bonds. The third-order valence-electron chi connectivity index (χ3n) is 0.965. The maximum absolute atomic E-state index is 10.2. The van der Waals surface area contributed by atoms with Crippen LogP contribution in [0, 0.1) is 6.07 Å². The minimum Gasteiger partial charge on any atom is -0.479 e. The SMILES string of the molecule is O=C(O)c1cc[c-]cc1.[Cu+]. The maximum Gasteiger partial charge on any atom is 1.00 e. The van der Waals surface area contributed by atoms with Gasteiger partial charge in [0.15, 0.2) is 0 Å². The zero-order valence-corrected chi connectivity index (χ0v) is 5.91. The number of hydrogen-bond acceptors (Lipinski definition) is 1. The first kappa shape index (κ1) is 9.21. The van der Waals surface area contributed by atoms with E-state index in [9.17, 15) is 4.79 Å². The summed E-state index contributed by atoms with van der Waals surface area (Å²) in [6.07, 6.45) is 0. The molecule has 2 nitrogen and oxygen atoms in total. The van der Waals surface area contributed by atoms with Crippen molar-refractivity contribution in [3.8, 4) is 0 Å². The molecular weight excluding hydrogens is 180 g/mol. The van der Waals surface area contributed by atoms with E-state index in [2.05, 4.69) is 6.07 Å². The number of benzene rings is 1. The molecule has 10 heavy (non-hydrogen) atoms. The van der Waals surface area contributed by atoms with E-state index in [0.29, 0.717) is 5.56 Å². The number of hydrogen-bond donors (Lipinski definition) is 1. The van der Waals surface area contributed by atoms with Gasteiger partial charge in [-0.15, -0.1) is 0 Å². The van der Waals surface area contributed by atoms with Gasteiger partial charge in [0.25, 0.3) is 0 Å². The van der Waals surface area contributed by atoms with E-state index in [-0.39, 0.29) is 17.1 Å². The van der Waals surface area contributed by atoms with Crippen LogP contribution in [0.5, 0.6) is 0 Å². The molecule has 0 aliphatic heterocycles.